The van der Waals surface area contributed by atoms with Crippen LogP contribution in [-0.4, -0.2) is 33.5 Å². The predicted molar refractivity (Wildman–Crippen MR) is 164 cm³/mol. The molecule has 1 amide bonds. The first kappa shape index (κ1) is 28.3. The second-order valence-electron chi connectivity index (χ2n) is 9.94. The second-order valence-corrected chi connectivity index (χ2v) is 11.0. The quantitative estimate of drug-likeness (QED) is 0.149. The Bertz CT molecular complexity index is 1550. The highest BCUT2D eigenvalue weighted by atomic mass is 32.2. The van der Waals surface area contributed by atoms with Crippen molar-refractivity contribution in [3.63, 3.8) is 0 Å². The van der Waals surface area contributed by atoms with E-state index in [0.29, 0.717) is 46.2 Å². The number of aromatic nitrogens is 3. The lowest BCUT2D eigenvalue weighted by Gasteiger charge is -2.29. The van der Waals surface area contributed by atoms with Gasteiger partial charge in [-0.3, -0.25) is 4.79 Å². The van der Waals surface area contributed by atoms with E-state index in [4.69, 9.17) is 19.6 Å². The van der Waals surface area contributed by atoms with Crippen LogP contribution >= 0.6 is 11.8 Å². The average Bonchev–Trinajstić information content (AvgIpc) is 3.38. The van der Waals surface area contributed by atoms with Gasteiger partial charge in [-0.15, -0.1) is 5.10 Å². The van der Waals surface area contributed by atoms with E-state index in [0.717, 1.165) is 29.7 Å². The van der Waals surface area contributed by atoms with Crippen LogP contribution in [0.3, 0.4) is 0 Å². The number of fused-ring (bicyclic) bond motifs is 1. The number of nitrogens with zero attached hydrogens (tertiary/aromatic N) is 3. The van der Waals surface area contributed by atoms with Crippen LogP contribution in [0.5, 0.6) is 11.5 Å². The van der Waals surface area contributed by atoms with E-state index in [2.05, 4.69) is 36.6 Å². The van der Waals surface area contributed by atoms with E-state index in [9.17, 15) is 4.79 Å². The van der Waals surface area contributed by atoms with Crippen molar-refractivity contribution in [2.75, 3.05) is 23.5 Å². The van der Waals surface area contributed by atoms with E-state index >= 15 is 0 Å². The van der Waals surface area contributed by atoms with Crippen LogP contribution < -0.4 is 20.1 Å². The number of thioether (sulfide) groups is 1. The van der Waals surface area contributed by atoms with Gasteiger partial charge in [-0.25, -0.2) is 4.68 Å². The Labute approximate surface area is 245 Å². The molecular weight excluding hydrogens is 534 g/mol. The molecule has 9 heteroatoms. The van der Waals surface area contributed by atoms with Crippen molar-refractivity contribution in [3.05, 3.63) is 101 Å². The summed E-state index contributed by atoms with van der Waals surface area (Å²) in [5.41, 5.74) is 5.07. The lowest BCUT2D eigenvalue weighted by atomic mass is 9.94. The lowest BCUT2D eigenvalue weighted by Crippen LogP contribution is -2.31. The zero-order chi connectivity index (χ0) is 28.8. The van der Waals surface area contributed by atoms with Gasteiger partial charge in [0.05, 0.1) is 12.7 Å². The number of benzene rings is 3. The predicted octanol–water partition coefficient (Wildman–Crippen LogP) is 6.99. The number of aryl methyl sites for hydroxylation is 1. The van der Waals surface area contributed by atoms with Crippen molar-refractivity contribution in [2.45, 2.75) is 51.4 Å². The highest BCUT2D eigenvalue weighted by Crippen LogP contribution is 2.40. The Morgan fingerprint density at radius 1 is 1.05 bits per heavy atom. The van der Waals surface area contributed by atoms with E-state index in [-0.39, 0.29) is 5.91 Å². The Balaban J connectivity index is 1.50. The molecule has 0 saturated carbocycles. The number of ether oxygens (including phenoxy) is 2. The molecule has 2 N–H and O–H groups in total. The van der Waals surface area contributed by atoms with Crippen molar-refractivity contribution in [3.8, 4) is 11.5 Å². The summed E-state index contributed by atoms with van der Waals surface area (Å²) < 4.78 is 13.7. The molecule has 1 atom stereocenters. The highest BCUT2D eigenvalue weighted by Gasteiger charge is 2.35. The number of carbonyl (C=O) groups is 1. The first-order valence-electron chi connectivity index (χ1n) is 13.8. The van der Waals surface area contributed by atoms with E-state index in [1.807, 2.05) is 67.6 Å². The Hall–Kier alpha value is -4.24. The number of methoxy groups -OCH3 is 1. The van der Waals surface area contributed by atoms with Gasteiger partial charge in [-0.1, -0.05) is 79.2 Å². The number of anilines is 2. The molecular formula is C32H35N5O3S. The lowest BCUT2D eigenvalue weighted by molar-refractivity contribution is -0.113. The summed E-state index contributed by atoms with van der Waals surface area (Å²) in [5, 5.41) is 11.9. The van der Waals surface area contributed by atoms with Gasteiger partial charge in [-0.2, -0.15) is 4.98 Å². The molecule has 212 valence electrons. The molecule has 2 heterocycles. The van der Waals surface area contributed by atoms with Gasteiger partial charge in [-0.05, 0) is 55.7 Å². The third-order valence-electron chi connectivity index (χ3n) is 6.82. The molecule has 4 aromatic rings. The van der Waals surface area contributed by atoms with Crippen LogP contribution in [0.1, 0.15) is 49.4 Å². The molecule has 8 nitrogen and oxygen atoms in total. The van der Waals surface area contributed by atoms with Gasteiger partial charge in [0.1, 0.15) is 12.6 Å². The zero-order valence-electron chi connectivity index (χ0n) is 23.8. The fourth-order valence-electron chi connectivity index (χ4n) is 4.76. The maximum Gasteiger partial charge on any atom is 0.255 e. The van der Waals surface area contributed by atoms with E-state index in [1.165, 1.54) is 5.56 Å². The first-order chi connectivity index (χ1) is 20.0. The van der Waals surface area contributed by atoms with Crippen LogP contribution in [-0.2, 0) is 11.4 Å². The Morgan fingerprint density at radius 2 is 1.88 bits per heavy atom. The molecule has 3 aromatic carbocycles. The molecule has 1 aliphatic heterocycles. The first-order valence-corrected chi connectivity index (χ1v) is 14.7. The minimum absolute atomic E-state index is 0.216. The van der Waals surface area contributed by atoms with Crippen LogP contribution in [0.2, 0.25) is 0 Å². The molecule has 1 unspecified atom stereocenters. The summed E-state index contributed by atoms with van der Waals surface area (Å²) in [6, 6.07) is 22.9. The molecule has 41 heavy (non-hydrogen) atoms. The minimum atomic E-state index is -0.525. The largest absolute Gasteiger partial charge is 0.493 e. The van der Waals surface area contributed by atoms with Crippen molar-refractivity contribution in [1.82, 2.24) is 14.8 Å². The molecule has 0 spiro atoms. The summed E-state index contributed by atoms with van der Waals surface area (Å²) in [6.07, 6.45) is 2.18. The van der Waals surface area contributed by atoms with Gasteiger partial charge in [0.2, 0.25) is 11.1 Å². The van der Waals surface area contributed by atoms with Gasteiger partial charge in [0.15, 0.2) is 11.5 Å². The Morgan fingerprint density at radius 3 is 2.63 bits per heavy atom. The van der Waals surface area contributed by atoms with Gasteiger partial charge in [0.25, 0.3) is 5.91 Å². The number of unbranched alkanes of at least 4 members (excludes halogenated alkanes) is 1. The molecule has 1 aliphatic rings. The number of allylic oxidation sites excluding steroid dienone is 1. The zero-order valence-corrected chi connectivity index (χ0v) is 24.6. The highest BCUT2D eigenvalue weighted by molar-refractivity contribution is 7.99. The van der Waals surface area contributed by atoms with E-state index < -0.39 is 6.04 Å². The number of para-hydroxylation sites is 1. The average molecular weight is 570 g/mol. The second kappa shape index (κ2) is 13.0. The fourth-order valence-corrected chi connectivity index (χ4v) is 5.67. The van der Waals surface area contributed by atoms with Crippen LogP contribution in [0.4, 0.5) is 11.6 Å². The number of amides is 1. The van der Waals surface area contributed by atoms with Crippen LogP contribution in [0.25, 0.3) is 0 Å². The van der Waals surface area contributed by atoms with Gasteiger partial charge in [0, 0.05) is 17.1 Å². The van der Waals surface area contributed by atoms with Gasteiger partial charge < -0.3 is 20.1 Å². The Kier molecular flexibility index (Phi) is 8.94. The molecule has 0 fully saturated rings. The monoisotopic (exact) mass is 569 g/mol. The molecule has 1 aromatic heterocycles. The van der Waals surface area contributed by atoms with Crippen molar-refractivity contribution in [2.24, 2.45) is 0 Å². The molecule has 0 radical (unpaired) electrons. The number of hydrogen-bond donors (Lipinski definition) is 2. The molecule has 5 rings (SSSR count). The van der Waals surface area contributed by atoms with E-state index in [1.54, 1.807) is 23.6 Å². The summed E-state index contributed by atoms with van der Waals surface area (Å²) >= 11 is 1.62. The number of carbonyl (C=O) groups excluding carboxylic acids is 1. The normalized spacial score (nSPS) is 14.3. The smallest absolute Gasteiger partial charge is 0.255 e. The third-order valence-corrected chi connectivity index (χ3v) is 7.74. The minimum Gasteiger partial charge on any atom is -0.493 e. The SMILES string of the molecule is CCCCSc1nc2n(n1)C(c1ccc(OCc3cccc(C)c3)c(OC)c1)C(C(=O)Nc1ccccc1)=C(C)N2. The summed E-state index contributed by atoms with van der Waals surface area (Å²) in [6.45, 7) is 6.53. The summed E-state index contributed by atoms with van der Waals surface area (Å²) in [4.78, 5) is 18.5. The number of hydrogen-bond acceptors (Lipinski definition) is 7. The fraction of sp³-hybridized carbons (Fsp3) is 0.281. The number of nitrogens with one attached hydrogen (secondary N) is 2. The van der Waals surface area contributed by atoms with Crippen molar-refractivity contribution in [1.29, 1.82) is 0 Å². The molecule has 0 aliphatic carbocycles. The van der Waals surface area contributed by atoms with Crippen molar-refractivity contribution < 1.29 is 14.3 Å². The van der Waals surface area contributed by atoms with Crippen LogP contribution in [0.15, 0.2) is 89.2 Å². The molecule has 0 saturated heterocycles. The third kappa shape index (κ3) is 6.57. The van der Waals surface area contributed by atoms with Crippen molar-refractivity contribution >= 4 is 29.3 Å². The maximum absolute atomic E-state index is 13.8. The van der Waals surface area contributed by atoms with Crippen LogP contribution in [0, 0.1) is 6.92 Å². The van der Waals surface area contributed by atoms with Gasteiger partial charge >= 0.3 is 0 Å². The molecule has 0 bridgehead atoms. The summed E-state index contributed by atoms with van der Waals surface area (Å²) in [5.74, 6) is 2.51. The standard InChI is InChI=1S/C32H35N5O3S/c1-5-6-17-41-32-35-31-33-22(3)28(30(38)34-25-13-8-7-9-14-25)29(37(31)36-32)24-15-16-26(27(19-24)39-4)40-20-23-12-10-11-21(2)18-23/h7-16,18-19,29H,5-6,17,20H2,1-4H3,(H,34,38)(H,33,35,36). The summed E-state index contributed by atoms with van der Waals surface area (Å²) in [7, 11) is 1.62. The number of rotatable bonds is 11. The topological polar surface area (TPSA) is 90.3 Å². The maximum atomic E-state index is 13.8.